The Bertz CT molecular complexity index is 654. The number of fused-ring (bicyclic) bond motifs is 1. The van der Waals surface area contributed by atoms with E-state index in [2.05, 4.69) is 30.3 Å². The third kappa shape index (κ3) is 3.62. The van der Waals surface area contributed by atoms with E-state index < -0.39 is 0 Å². The van der Waals surface area contributed by atoms with Crippen LogP contribution in [-0.2, 0) is 17.6 Å². The van der Waals surface area contributed by atoms with Crippen LogP contribution in [-0.4, -0.2) is 30.4 Å². The van der Waals surface area contributed by atoms with E-state index in [0.717, 1.165) is 25.8 Å². The molecule has 0 heterocycles. The van der Waals surface area contributed by atoms with Gasteiger partial charge in [0.2, 0.25) is 5.91 Å². The van der Waals surface area contributed by atoms with Crippen molar-refractivity contribution in [2.45, 2.75) is 25.2 Å². The molecule has 23 heavy (non-hydrogen) atoms. The number of hydrogen-bond acceptors (Lipinski definition) is 2. The molecule has 0 bridgehead atoms. The summed E-state index contributed by atoms with van der Waals surface area (Å²) < 4.78 is 0. The SMILES string of the molecule is NCCN(CCc1ccccc1)C(=O)C1CCc2ccccc21. The van der Waals surface area contributed by atoms with Crippen molar-refractivity contribution in [3.05, 3.63) is 71.3 Å². The van der Waals surface area contributed by atoms with Gasteiger partial charge in [0.25, 0.3) is 0 Å². The first kappa shape index (κ1) is 15.8. The molecular weight excluding hydrogens is 284 g/mol. The van der Waals surface area contributed by atoms with Crippen molar-refractivity contribution in [2.24, 2.45) is 5.73 Å². The molecule has 2 N–H and O–H groups in total. The lowest BCUT2D eigenvalue weighted by Crippen LogP contribution is -2.39. The molecule has 2 aromatic rings. The van der Waals surface area contributed by atoms with Gasteiger partial charge >= 0.3 is 0 Å². The molecule has 3 heteroatoms. The molecule has 1 unspecified atom stereocenters. The zero-order valence-electron chi connectivity index (χ0n) is 13.4. The van der Waals surface area contributed by atoms with Gasteiger partial charge in [-0.05, 0) is 36.0 Å². The summed E-state index contributed by atoms with van der Waals surface area (Å²) >= 11 is 0. The second kappa shape index (κ2) is 7.42. The van der Waals surface area contributed by atoms with Crippen LogP contribution in [0.2, 0.25) is 0 Å². The summed E-state index contributed by atoms with van der Waals surface area (Å²) in [7, 11) is 0. The van der Waals surface area contributed by atoms with Crippen molar-refractivity contribution in [2.75, 3.05) is 19.6 Å². The molecule has 0 fully saturated rings. The van der Waals surface area contributed by atoms with E-state index in [0.29, 0.717) is 13.1 Å². The van der Waals surface area contributed by atoms with Crippen molar-refractivity contribution in [3.8, 4) is 0 Å². The first-order valence-electron chi connectivity index (χ1n) is 8.40. The van der Waals surface area contributed by atoms with E-state index in [-0.39, 0.29) is 11.8 Å². The Morgan fingerprint density at radius 2 is 1.78 bits per heavy atom. The molecule has 3 nitrogen and oxygen atoms in total. The van der Waals surface area contributed by atoms with Crippen LogP contribution in [0.1, 0.15) is 29.0 Å². The van der Waals surface area contributed by atoms with Gasteiger partial charge < -0.3 is 10.6 Å². The van der Waals surface area contributed by atoms with Gasteiger partial charge in [0.15, 0.2) is 0 Å². The minimum absolute atomic E-state index is 0.00789. The number of carbonyl (C=O) groups is 1. The molecule has 0 saturated carbocycles. The van der Waals surface area contributed by atoms with E-state index in [9.17, 15) is 4.79 Å². The highest BCUT2D eigenvalue weighted by atomic mass is 16.2. The lowest BCUT2D eigenvalue weighted by atomic mass is 9.99. The van der Waals surface area contributed by atoms with E-state index >= 15 is 0 Å². The van der Waals surface area contributed by atoms with E-state index in [4.69, 9.17) is 5.73 Å². The van der Waals surface area contributed by atoms with Crippen LogP contribution >= 0.6 is 0 Å². The second-order valence-corrected chi connectivity index (χ2v) is 6.14. The van der Waals surface area contributed by atoms with Crippen molar-refractivity contribution >= 4 is 5.91 Å². The van der Waals surface area contributed by atoms with Gasteiger partial charge in [0.1, 0.15) is 0 Å². The topological polar surface area (TPSA) is 46.3 Å². The molecule has 1 aliphatic rings. The molecule has 1 atom stereocenters. The highest BCUT2D eigenvalue weighted by Gasteiger charge is 2.31. The lowest BCUT2D eigenvalue weighted by molar-refractivity contribution is -0.132. The lowest BCUT2D eigenvalue weighted by Gasteiger charge is -2.25. The number of carbonyl (C=O) groups excluding carboxylic acids is 1. The van der Waals surface area contributed by atoms with Gasteiger partial charge in [0, 0.05) is 19.6 Å². The Balaban J connectivity index is 1.70. The highest BCUT2D eigenvalue weighted by molar-refractivity contribution is 5.85. The van der Waals surface area contributed by atoms with E-state index in [1.54, 1.807) is 0 Å². The summed E-state index contributed by atoms with van der Waals surface area (Å²) in [5, 5.41) is 0. The number of amides is 1. The zero-order chi connectivity index (χ0) is 16.1. The molecule has 0 saturated heterocycles. The van der Waals surface area contributed by atoms with E-state index in [1.165, 1.54) is 16.7 Å². The van der Waals surface area contributed by atoms with Crippen LogP contribution in [0.3, 0.4) is 0 Å². The molecule has 1 amide bonds. The highest BCUT2D eigenvalue weighted by Crippen LogP contribution is 2.34. The predicted molar refractivity (Wildman–Crippen MR) is 93.3 cm³/mol. The van der Waals surface area contributed by atoms with Crippen LogP contribution < -0.4 is 5.73 Å². The maximum absolute atomic E-state index is 13.0. The Labute approximate surface area is 138 Å². The second-order valence-electron chi connectivity index (χ2n) is 6.14. The van der Waals surface area contributed by atoms with Gasteiger partial charge in [-0.3, -0.25) is 4.79 Å². The van der Waals surface area contributed by atoms with Gasteiger partial charge in [-0.25, -0.2) is 0 Å². The van der Waals surface area contributed by atoms with Gasteiger partial charge in [-0.15, -0.1) is 0 Å². The number of aryl methyl sites for hydroxylation is 1. The maximum Gasteiger partial charge on any atom is 0.230 e. The average Bonchev–Trinajstić information content (AvgIpc) is 3.03. The third-order valence-electron chi connectivity index (χ3n) is 4.65. The van der Waals surface area contributed by atoms with Crippen molar-refractivity contribution in [3.63, 3.8) is 0 Å². The minimum Gasteiger partial charge on any atom is -0.341 e. The Kier molecular flexibility index (Phi) is 5.09. The first-order valence-corrected chi connectivity index (χ1v) is 8.40. The van der Waals surface area contributed by atoms with Crippen molar-refractivity contribution in [1.82, 2.24) is 4.90 Å². The van der Waals surface area contributed by atoms with E-state index in [1.807, 2.05) is 29.2 Å². The summed E-state index contributed by atoms with van der Waals surface area (Å²) in [6, 6.07) is 18.6. The molecule has 1 aliphatic carbocycles. The Hall–Kier alpha value is -2.13. The smallest absolute Gasteiger partial charge is 0.230 e. The molecule has 120 valence electrons. The summed E-state index contributed by atoms with van der Waals surface area (Å²) in [6.45, 7) is 1.87. The van der Waals surface area contributed by atoms with Gasteiger partial charge in [0.05, 0.1) is 5.92 Å². The Morgan fingerprint density at radius 3 is 2.57 bits per heavy atom. The standard InChI is InChI=1S/C20H24N2O/c21-13-15-22(14-12-16-6-2-1-3-7-16)20(23)19-11-10-17-8-4-5-9-18(17)19/h1-9,19H,10-15,21H2. The molecule has 0 aliphatic heterocycles. The number of rotatable bonds is 6. The van der Waals surface area contributed by atoms with Crippen LogP contribution in [0.15, 0.2) is 54.6 Å². The number of benzene rings is 2. The van der Waals surface area contributed by atoms with Crippen LogP contribution in [0.4, 0.5) is 0 Å². The fourth-order valence-electron chi connectivity index (χ4n) is 3.43. The molecule has 0 aromatic heterocycles. The summed E-state index contributed by atoms with van der Waals surface area (Å²) in [5.74, 6) is 0.241. The number of nitrogens with zero attached hydrogens (tertiary/aromatic N) is 1. The normalized spacial score (nSPS) is 16.1. The largest absolute Gasteiger partial charge is 0.341 e. The maximum atomic E-state index is 13.0. The molecule has 3 rings (SSSR count). The van der Waals surface area contributed by atoms with Crippen LogP contribution in [0.5, 0.6) is 0 Å². The van der Waals surface area contributed by atoms with Gasteiger partial charge in [-0.2, -0.15) is 0 Å². The number of hydrogen-bond donors (Lipinski definition) is 1. The quantitative estimate of drug-likeness (QED) is 0.892. The molecular formula is C20H24N2O. The predicted octanol–water partition coefficient (Wildman–Crippen LogP) is 2.75. The molecule has 0 spiro atoms. The fourth-order valence-corrected chi connectivity index (χ4v) is 3.43. The summed E-state index contributed by atoms with van der Waals surface area (Å²) in [5.41, 5.74) is 9.52. The zero-order valence-corrected chi connectivity index (χ0v) is 13.4. The summed E-state index contributed by atoms with van der Waals surface area (Å²) in [4.78, 5) is 14.9. The molecule has 0 radical (unpaired) electrons. The van der Waals surface area contributed by atoms with Crippen LogP contribution in [0.25, 0.3) is 0 Å². The van der Waals surface area contributed by atoms with Crippen molar-refractivity contribution in [1.29, 1.82) is 0 Å². The van der Waals surface area contributed by atoms with Crippen molar-refractivity contribution < 1.29 is 4.79 Å². The number of nitrogens with two attached hydrogens (primary N) is 1. The van der Waals surface area contributed by atoms with Crippen LogP contribution in [0, 0.1) is 0 Å². The monoisotopic (exact) mass is 308 g/mol. The van der Waals surface area contributed by atoms with Gasteiger partial charge in [-0.1, -0.05) is 54.6 Å². The Morgan fingerprint density at radius 1 is 1.04 bits per heavy atom. The summed E-state index contributed by atoms with van der Waals surface area (Å²) in [6.07, 6.45) is 2.80. The average molecular weight is 308 g/mol. The fraction of sp³-hybridized carbons (Fsp3) is 0.350. The minimum atomic E-state index is 0.00789. The molecule has 2 aromatic carbocycles. The first-order chi connectivity index (χ1) is 11.3. The third-order valence-corrected chi connectivity index (χ3v) is 4.65.